The number of aromatic nitrogens is 4. The SMILES string of the molecule is Cc1nc([C@@H]2CN(S(=O)(=O)c3cn(C)nc3C)CCO2)cc(=O)[nH]1. The van der Waals surface area contributed by atoms with Crippen molar-refractivity contribution in [1.82, 2.24) is 24.1 Å². The van der Waals surface area contributed by atoms with Crippen molar-refractivity contribution >= 4 is 10.0 Å². The average molecular weight is 353 g/mol. The molecule has 9 nitrogen and oxygen atoms in total. The van der Waals surface area contributed by atoms with Crippen molar-refractivity contribution in [2.24, 2.45) is 7.05 Å². The molecule has 1 N–H and O–H groups in total. The third-order valence-electron chi connectivity index (χ3n) is 3.83. The van der Waals surface area contributed by atoms with Crippen molar-refractivity contribution in [3.8, 4) is 0 Å². The van der Waals surface area contributed by atoms with Crippen molar-refractivity contribution in [2.75, 3.05) is 19.7 Å². The third-order valence-corrected chi connectivity index (χ3v) is 5.79. The zero-order chi connectivity index (χ0) is 17.5. The van der Waals surface area contributed by atoms with Crippen LogP contribution >= 0.6 is 0 Å². The number of H-pyrrole nitrogens is 1. The molecule has 2 aromatic rings. The lowest BCUT2D eigenvalue weighted by atomic mass is 10.2. The number of nitrogens with one attached hydrogen (secondary N) is 1. The van der Waals surface area contributed by atoms with Gasteiger partial charge in [0.2, 0.25) is 10.0 Å². The van der Waals surface area contributed by atoms with E-state index in [1.807, 2.05) is 0 Å². The van der Waals surface area contributed by atoms with Crippen LogP contribution in [0.2, 0.25) is 0 Å². The van der Waals surface area contributed by atoms with Gasteiger partial charge in [-0.1, -0.05) is 0 Å². The second-order valence-corrected chi connectivity index (χ2v) is 7.64. The van der Waals surface area contributed by atoms with Crippen LogP contribution in [-0.4, -0.2) is 52.2 Å². The molecule has 1 aliphatic rings. The Labute approximate surface area is 139 Å². The van der Waals surface area contributed by atoms with Gasteiger partial charge in [0.15, 0.2) is 0 Å². The fourth-order valence-corrected chi connectivity index (χ4v) is 4.39. The number of hydrogen-bond donors (Lipinski definition) is 1. The van der Waals surface area contributed by atoms with E-state index in [1.165, 1.54) is 21.3 Å². The van der Waals surface area contributed by atoms with Gasteiger partial charge in [-0.2, -0.15) is 9.40 Å². The topological polar surface area (TPSA) is 110 Å². The smallest absolute Gasteiger partial charge is 0.251 e. The van der Waals surface area contributed by atoms with Gasteiger partial charge >= 0.3 is 0 Å². The summed E-state index contributed by atoms with van der Waals surface area (Å²) < 4.78 is 34.2. The number of nitrogens with zero attached hydrogens (tertiary/aromatic N) is 4. The Hall–Kier alpha value is -2.04. The Balaban J connectivity index is 1.90. The van der Waals surface area contributed by atoms with Gasteiger partial charge in [-0.05, 0) is 13.8 Å². The van der Waals surface area contributed by atoms with Crippen LogP contribution in [-0.2, 0) is 21.8 Å². The van der Waals surface area contributed by atoms with E-state index in [0.29, 0.717) is 17.2 Å². The first-order chi connectivity index (χ1) is 11.3. The molecule has 0 aromatic carbocycles. The van der Waals surface area contributed by atoms with Crippen molar-refractivity contribution in [3.63, 3.8) is 0 Å². The van der Waals surface area contributed by atoms with Crippen molar-refractivity contribution in [1.29, 1.82) is 0 Å². The second kappa shape index (κ2) is 6.11. The molecule has 24 heavy (non-hydrogen) atoms. The largest absolute Gasteiger partial charge is 0.369 e. The Morgan fingerprint density at radius 2 is 2.12 bits per heavy atom. The van der Waals surface area contributed by atoms with Gasteiger partial charge in [0.1, 0.15) is 16.8 Å². The quantitative estimate of drug-likeness (QED) is 0.824. The summed E-state index contributed by atoms with van der Waals surface area (Å²) in [5.74, 6) is 0.462. The molecule has 0 amide bonds. The maximum atomic E-state index is 12.9. The van der Waals surface area contributed by atoms with Crippen LogP contribution in [0, 0.1) is 13.8 Å². The lowest BCUT2D eigenvalue weighted by Crippen LogP contribution is -2.42. The molecule has 0 saturated carbocycles. The lowest BCUT2D eigenvalue weighted by Gasteiger charge is -2.31. The van der Waals surface area contributed by atoms with Crippen LogP contribution in [0.3, 0.4) is 0 Å². The Bertz CT molecular complexity index is 917. The van der Waals surface area contributed by atoms with Crippen LogP contribution in [0.25, 0.3) is 0 Å². The van der Waals surface area contributed by atoms with Gasteiger partial charge in [-0.15, -0.1) is 0 Å². The summed E-state index contributed by atoms with van der Waals surface area (Å²) in [7, 11) is -2.00. The molecule has 1 aliphatic heterocycles. The molecular formula is C14H19N5O4S. The first-order valence-electron chi connectivity index (χ1n) is 7.47. The van der Waals surface area contributed by atoms with Gasteiger partial charge < -0.3 is 9.72 Å². The van der Waals surface area contributed by atoms with E-state index in [1.54, 1.807) is 20.9 Å². The highest BCUT2D eigenvalue weighted by Gasteiger charge is 2.34. The number of morpholine rings is 1. The molecule has 3 rings (SSSR count). The van der Waals surface area contributed by atoms with E-state index in [2.05, 4.69) is 15.1 Å². The first-order valence-corrected chi connectivity index (χ1v) is 8.91. The molecular weight excluding hydrogens is 334 g/mol. The summed E-state index contributed by atoms with van der Waals surface area (Å²) in [6, 6.07) is 1.34. The fraction of sp³-hybridized carbons (Fsp3) is 0.500. The maximum Gasteiger partial charge on any atom is 0.251 e. The van der Waals surface area contributed by atoms with E-state index in [0.717, 1.165) is 0 Å². The monoisotopic (exact) mass is 353 g/mol. The number of rotatable bonds is 3. The molecule has 1 fully saturated rings. The van der Waals surface area contributed by atoms with Gasteiger partial charge in [-0.3, -0.25) is 9.48 Å². The summed E-state index contributed by atoms with van der Waals surface area (Å²) in [6.07, 6.45) is 0.914. The summed E-state index contributed by atoms with van der Waals surface area (Å²) >= 11 is 0. The Kier molecular flexibility index (Phi) is 4.28. The van der Waals surface area contributed by atoms with E-state index >= 15 is 0 Å². The minimum absolute atomic E-state index is 0.104. The molecule has 0 unspecified atom stereocenters. The zero-order valence-electron chi connectivity index (χ0n) is 13.7. The summed E-state index contributed by atoms with van der Waals surface area (Å²) in [5, 5.41) is 4.09. The van der Waals surface area contributed by atoms with Gasteiger partial charge in [0.05, 0.1) is 18.0 Å². The van der Waals surface area contributed by atoms with Crippen molar-refractivity contribution in [2.45, 2.75) is 24.8 Å². The van der Waals surface area contributed by atoms with Crippen LogP contribution in [0.5, 0.6) is 0 Å². The predicted octanol–water partition coefficient (Wildman–Crippen LogP) is -0.118. The van der Waals surface area contributed by atoms with Crippen molar-refractivity contribution in [3.05, 3.63) is 39.8 Å². The van der Waals surface area contributed by atoms with E-state index in [9.17, 15) is 13.2 Å². The molecule has 0 spiro atoms. The normalized spacial score (nSPS) is 19.5. The Morgan fingerprint density at radius 3 is 2.75 bits per heavy atom. The van der Waals surface area contributed by atoms with Crippen molar-refractivity contribution < 1.29 is 13.2 Å². The van der Waals surface area contributed by atoms with E-state index in [4.69, 9.17) is 4.74 Å². The van der Waals surface area contributed by atoms with Crippen LogP contribution in [0.4, 0.5) is 0 Å². The molecule has 10 heteroatoms. The van der Waals surface area contributed by atoms with Gasteiger partial charge in [0.25, 0.3) is 5.56 Å². The third kappa shape index (κ3) is 3.12. The lowest BCUT2D eigenvalue weighted by molar-refractivity contribution is -0.00516. The highest BCUT2D eigenvalue weighted by atomic mass is 32.2. The second-order valence-electron chi connectivity index (χ2n) is 5.73. The molecule has 0 bridgehead atoms. The average Bonchev–Trinajstić information content (AvgIpc) is 2.86. The summed E-state index contributed by atoms with van der Waals surface area (Å²) in [4.78, 5) is 18.6. The Morgan fingerprint density at radius 1 is 1.38 bits per heavy atom. The van der Waals surface area contributed by atoms with E-state index < -0.39 is 16.1 Å². The summed E-state index contributed by atoms with van der Waals surface area (Å²) in [5.41, 5.74) is 0.592. The van der Waals surface area contributed by atoms with E-state index in [-0.39, 0.29) is 30.2 Å². The standard InChI is InChI=1S/C14H19N5O4S/c1-9-13(8-18(3)17-9)24(21,22)19-4-5-23-12(7-19)11-6-14(20)16-10(2)15-11/h6,8,12H,4-5,7H2,1-3H3,(H,15,16,20)/t12-/m0/s1. The highest BCUT2D eigenvalue weighted by molar-refractivity contribution is 7.89. The minimum atomic E-state index is -3.68. The number of hydrogen-bond acceptors (Lipinski definition) is 6. The zero-order valence-corrected chi connectivity index (χ0v) is 14.5. The summed E-state index contributed by atoms with van der Waals surface area (Å²) in [6.45, 7) is 3.91. The molecule has 3 heterocycles. The predicted molar refractivity (Wildman–Crippen MR) is 85.0 cm³/mol. The van der Waals surface area contributed by atoms with Crippen LogP contribution in [0.1, 0.15) is 23.3 Å². The molecule has 0 aliphatic carbocycles. The molecule has 1 atom stereocenters. The minimum Gasteiger partial charge on any atom is -0.369 e. The molecule has 2 aromatic heterocycles. The van der Waals surface area contributed by atoms with Gasteiger partial charge in [0, 0.05) is 32.4 Å². The van der Waals surface area contributed by atoms with Crippen LogP contribution in [0.15, 0.2) is 22.0 Å². The highest BCUT2D eigenvalue weighted by Crippen LogP contribution is 2.26. The number of ether oxygens (including phenoxy) is 1. The number of aromatic amines is 1. The molecule has 130 valence electrons. The number of aryl methyl sites for hydroxylation is 3. The van der Waals surface area contributed by atoms with Crippen LogP contribution < -0.4 is 5.56 Å². The van der Waals surface area contributed by atoms with Gasteiger partial charge in [-0.25, -0.2) is 13.4 Å². The first kappa shape index (κ1) is 16.8. The maximum absolute atomic E-state index is 12.9. The molecule has 0 radical (unpaired) electrons. The number of sulfonamides is 1. The fourth-order valence-electron chi connectivity index (χ4n) is 2.76. The molecule has 1 saturated heterocycles.